The molecule has 3 heterocycles. The van der Waals surface area contributed by atoms with Gasteiger partial charge in [-0.15, -0.1) is 0 Å². The highest BCUT2D eigenvalue weighted by molar-refractivity contribution is 6.11. The highest BCUT2D eigenvalue weighted by Crippen LogP contribution is 2.32. The molecule has 2 aliphatic heterocycles. The van der Waals surface area contributed by atoms with Crippen molar-refractivity contribution in [2.24, 2.45) is 4.99 Å². The van der Waals surface area contributed by atoms with Crippen molar-refractivity contribution < 1.29 is 18.9 Å². The Morgan fingerprint density at radius 3 is 2.73 bits per heavy atom. The summed E-state index contributed by atoms with van der Waals surface area (Å²) in [4.78, 5) is 29.2. The Balaban J connectivity index is 1.67. The van der Waals surface area contributed by atoms with Crippen LogP contribution in [0.1, 0.15) is 24.2 Å². The van der Waals surface area contributed by atoms with Gasteiger partial charge in [-0.05, 0) is 42.7 Å². The Morgan fingerprint density at radius 2 is 2.04 bits per heavy atom. The van der Waals surface area contributed by atoms with Crippen LogP contribution in [-0.2, 0) is 9.53 Å². The third-order valence-electron chi connectivity index (χ3n) is 4.30. The van der Waals surface area contributed by atoms with Crippen molar-refractivity contribution in [2.45, 2.75) is 12.8 Å². The second kappa shape index (κ2) is 6.47. The number of ether oxygens (including phenoxy) is 1. The van der Waals surface area contributed by atoms with Gasteiger partial charge in [-0.25, -0.2) is 9.79 Å². The Morgan fingerprint density at radius 1 is 1.23 bits per heavy atom. The van der Waals surface area contributed by atoms with E-state index in [1.807, 2.05) is 4.90 Å². The van der Waals surface area contributed by atoms with E-state index in [1.54, 1.807) is 24.3 Å². The normalized spacial score (nSPS) is 18.3. The number of anilines is 1. The van der Waals surface area contributed by atoms with E-state index in [2.05, 4.69) is 4.99 Å². The number of nitrogens with zero attached hydrogens (tertiary/aromatic N) is 3. The van der Waals surface area contributed by atoms with Crippen LogP contribution in [0.15, 0.2) is 51.7 Å². The molecule has 0 aliphatic carbocycles. The van der Waals surface area contributed by atoms with Gasteiger partial charge in [0.1, 0.15) is 5.69 Å². The van der Waals surface area contributed by atoms with Crippen molar-refractivity contribution in [3.05, 3.63) is 63.7 Å². The number of aliphatic imine (C=N–C) groups is 1. The van der Waals surface area contributed by atoms with Gasteiger partial charge in [-0.1, -0.05) is 6.07 Å². The van der Waals surface area contributed by atoms with Gasteiger partial charge in [-0.3, -0.25) is 10.1 Å². The molecule has 132 valence electrons. The van der Waals surface area contributed by atoms with Gasteiger partial charge in [0.2, 0.25) is 0 Å². The fraction of sp³-hybridized carbons (Fsp3) is 0.222. The standard InChI is InChI=1S/C18H15N3O5/c22-18-13(19-17(26-18)16-4-3-9-25-16)10-12-5-6-14(15(11-12)21(23)24)20-7-1-2-8-20/h3-6,9-11H,1-2,7-8H2/b13-10-. The van der Waals surface area contributed by atoms with Gasteiger partial charge in [0.05, 0.1) is 11.2 Å². The van der Waals surface area contributed by atoms with E-state index in [9.17, 15) is 14.9 Å². The first-order valence-corrected chi connectivity index (χ1v) is 8.21. The predicted molar refractivity (Wildman–Crippen MR) is 93.9 cm³/mol. The van der Waals surface area contributed by atoms with E-state index in [-0.39, 0.29) is 17.3 Å². The predicted octanol–water partition coefficient (Wildman–Crippen LogP) is 3.13. The minimum Gasteiger partial charge on any atom is -0.459 e. The van der Waals surface area contributed by atoms with Crippen LogP contribution < -0.4 is 4.90 Å². The second-order valence-electron chi connectivity index (χ2n) is 6.01. The molecule has 0 saturated carbocycles. The number of nitro groups is 1. The van der Waals surface area contributed by atoms with E-state index in [1.165, 1.54) is 18.4 Å². The quantitative estimate of drug-likeness (QED) is 0.362. The summed E-state index contributed by atoms with van der Waals surface area (Å²) in [5.74, 6) is -0.200. The molecular formula is C18H15N3O5. The molecule has 1 fully saturated rings. The number of benzene rings is 1. The van der Waals surface area contributed by atoms with Crippen LogP contribution in [0.4, 0.5) is 11.4 Å². The minimum atomic E-state index is -0.623. The lowest BCUT2D eigenvalue weighted by Crippen LogP contribution is -2.18. The molecule has 8 heteroatoms. The Hall–Kier alpha value is -3.42. The third kappa shape index (κ3) is 2.97. The molecule has 0 radical (unpaired) electrons. The lowest BCUT2D eigenvalue weighted by molar-refractivity contribution is -0.384. The van der Waals surface area contributed by atoms with E-state index < -0.39 is 10.9 Å². The number of carbonyl (C=O) groups is 1. The third-order valence-corrected chi connectivity index (χ3v) is 4.30. The van der Waals surface area contributed by atoms with Crippen molar-refractivity contribution in [1.29, 1.82) is 0 Å². The molecule has 4 rings (SSSR count). The number of furan rings is 1. The Bertz CT molecular complexity index is 924. The number of hydrogen-bond donors (Lipinski definition) is 0. The summed E-state index contributed by atoms with van der Waals surface area (Å²) in [5, 5.41) is 11.5. The van der Waals surface area contributed by atoms with Crippen LogP contribution in [0.3, 0.4) is 0 Å². The van der Waals surface area contributed by atoms with Crippen LogP contribution in [-0.4, -0.2) is 29.9 Å². The number of nitro benzene ring substituents is 1. The molecule has 0 spiro atoms. The van der Waals surface area contributed by atoms with Crippen molar-refractivity contribution in [2.75, 3.05) is 18.0 Å². The first kappa shape index (κ1) is 16.1. The van der Waals surface area contributed by atoms with E-state index in [0.717, 1.165) is 25.9 Å². The first-order chi connectivity index (χ1) is 12.6. The molecule has 0 amide bonds. The van der Waals surface area contributed by atoms with E-state index >= 15 is 0 Å². The SMILES string of the molecule is O=C1OC(c2ccco2)=N/C1=C\c1ccc(N2CCCC2)c([N+](=O)[O-])c1. The lowest BCUT2D eigenvalue weighted by atomic mass is 10.1. The van der Waals surface area contributed by atoms with Crippen LogP contribution in [0.25, 0.3) is 6.08 Å². The highest BCUT2D eigenvalue weighted by atomic mass is 16.6. The smallest absolute Gasteiger partial charge is 0.363 e. The zero-order valence-corrected chi connectivity index (χ0v) is 13.8. The molecule has 1 aromatic carbocycles. The summed E-state index contributed by atoms with van der Waals surface area (Å²) in [6.45, 7) is 1.62. The number of hydrogen-bond acceptors (Lipinski definition) is 7. The first-order valence-electron chi connectivity index (χ1n) is 8.21. The van der Waals surface area contributed by atoms with Crippen molar-refractivity contribution in [3.8, 4) is 0 Å². The average molecular weight is 353 g/mol. The molecular weight excluding hydrogens is 338 g/mol. The molecule has 1 saturated heterocycles. The molecule has 0 atom stereocenters. The maximum atomic E-state index is 12.0. The molecule has 2 aliphatic rings. The zero-order valence-electron chi connectivity index (χ0n) is 13.8. The van der Waals surface area contributed by atoms with Crippen LogP contribution in [0.2, 0.25) is 0 Å². The van der Waals surface area contributed by atoms with Gasteiger partial charge in [-0.2, -0.15) is 0 Å². The molecule has 0 N–H and O–H groups in total. The fourth-order valence-corrected chi connectivity index (χ4v) is 3.07. The summed E-state index contributed by atoms with van der Waals surface area (Å²) < 4.78 is 10.2. The summed E-state index contributed by atoms with van der Waals surface area (Å²) in [6.07, 6.45) is 4.98. The highest BCUT2D eigenvalue weighted by Gasteiger charge is 2.27. The monoisotopic (exact) mass is 353 g/mol. The molecule has 26 heavy (non-hydrogen) atoms. The van der Waals surface area contributed by atoms with Crippen molar-refractivity contribution in [1.82, 2.24) is 0 Å². The van der Waals surface area contributed by atoms with Gasteiger partial charge < -0.3 is 14.1 Å². The lowest BCUT2D eigenvalue weighted by Gasteiger charge is -2.17. The Labute approximate surface area is 148 Å². The summed E-state index contributed by atoms with van der Waals surface area (Å²) in [6, 6.07) is 8.20. The summed E-state index contributed by atoms with van der Waals surface area (Å²) in [7, 11) is 0. The minimum absolute atomic E-state index is 0.0165. The number of rotatable bonds is 4. The van der Waals surface area contributed by atoms with Crippen LogP contribution >= 0.6 is 0 Å². The van der Waals surface area contributed by atoms with Gasteiger partial charge in [0, 0.05) is 19.2 Å². The molecule has 8 nitrogen and oxygen atoms in total. The van der Waals surface area contributed by atoms with E-state index in [4.69, 9.17) is 9.15 Å². The van der Waals surface area contributed by atoms with Crippen molar-refractivity contribution >= 4 is 29.3 Å². The molecule has 0 bridgehead atoms. The van der Waals surface area contributed by atoms with Crippen molar-refractivity contribution in [3.63, 3.8) is 0 Å². The van der Waals surface area contributed by atoms with Crippen LogP contribution in [0, 0.1) is 10.1 Å². The maximum Gasteiger partial charge on any atom is 0.363 e. The van der Waals surface area contributed by atoms with Gasteiger partial charge in [0.25, 0.3) is 11.6 Å². The van der Waals surface area contributed by atoms with Gasteiger partial charge >= 0.3 is 5.97 Å². The number of esters is 1. The average Bonchev–Trinajstić information content (AvgIpc) is 3.37. The fourth-order valence-electron chi connectivity index (χ4n) is 3.07. The topological polar surface area (TPSA) is 98.2 Å². The second-order valence-corrected chi connectivity index (χ2v) is 6.01. The summed E-state index contributed by atoms with van der Waals surface area (Å²) >= 11 is 0. The zero-order chi connectivity index (χ0) is 18.1. The van der Waals surface area contributed by atoms with Crippen LogP contribution in [0.5, 0.6) is 0 Å². The molecule has 2 aromatic rings. The summed E-state index contributed by atoms with van der Waals surface area (Å²) in [5.41, 5.74) is 1.20. The molecule has 0 unspecified atom stereocenters. The van der Waals surface area contributed by atoms with Gasteiger partial charge in [0.15, 0.2) is 11.5 Å². The maximum absolute atomic E-state index is 12.0. The Kier molecular flexibility index (Phi) is 4.00. The largest absolute Gasteiger partial charge is 0.459 e. The number of carbonyl (C=O) groups excluding carboxylic acids is 1. The van der Waals surface area contributed by atoms with E-state index in [0.29, 0.717) is 17.0 Å². The number of cyclic esters (lactones) is 1. The molecule has 1 aromatic heterocycles.